The Kier molecular flexibility index (Phi) is 4.42. The molecule has 0 aliphatic rings. The number of hydrogen-bond acceptors (Lipinski definition) is 5. The number of rotatable bonds is 4. The zero-order chi connectivity index (χ0) is 18.8. The molecule has 4 aromatic rings. The molecule has 0 fully saturated rings. The van der Waals surface area contributed by atoms with Crippen LogP contribution in [0.3, 0.4) is 0 Å². The molecule has 0 spiro atoms. The summed E-state index contributed by atoms with van der Waals surface area (Å²) in [6.07, 6.45) is 1.79. The van der Waals surface area contributed by atoms with Gasteiger partial charge >= 0.3 is 0 Å². The Labute approximate surface area is 158 Å². The van der Waals surface area contributed by atoms with Crippen LogP contribution in [-0.2, 0) is 0 Å². The lowest BCUT2D eigenvalue weighted by atomic mass is 10.0. The molecule has 2 aromatic carbocycles. The highest BCUT2D eigenvalue weighted by atomic mass is 15.1. The molecule has 0 unspecified atom stereocenters. The Bertz CT molecular complexity index is 1090. The summed E-state index contributed by atoms with van der Waals surface area (Å²) in [6.45, 7) is 4.01. The third-order valence-electron chi connectivity index (χ3n) is 4.65. The third kappa shape index (κ3) is 3.31. The van der Waals surface area contributed by atoms with Crippen LogP contribution < -0.4 is 11.1 Å². The molecule has 27 heavy (non-hydrogen) atoms. The summed E-state index contributed by atoms with van der Waals surface area (Å²) in [5.41, 5.74) is 10.9. The van der Waals surface area contributed by atoms with Gasteiger partial charge in [-0.3, -0.25) is 4.98 Å². The maximum Gasteiger partial charge on any atom is 0.170 e. The zero-order valence-corrected chi connectivity index (χ0v) is 15.3. The molecule has 0 aliphatic carbocycles. The molecule has 3 N–H and O–H groups in total. The smallest absolute Gasteiger partial charge is 0.170 e. The van der Waals surface area contributed by atoms with E-state index in [4.69, 9.17) is 10.7 Å². The molecule has 0 bridgehead atoms. The molecule has 0 saturated heterocycles. The van der Waals surface area contributed by atoms with Crippen molar-refractivity contribution in [2.45, 2.75) is 19.9 Å². The predicted octanol–water partition coefficient (Wildman–Crippen LogP) is 4.76. The van der Waals surface area contributed by atoms with Gasteiger partial charge in [0.15, 0.2) is 11.6 Å². The van der Waals surface area contributed by atoms with Gasteiger partial charge in [-0.1, -0.05) is 48.5 Å². The van der Waals surface area contributed by atoms with E-state index in [0.717, 1.165) is 33.4 Å². The number of nitrogen functional groups attached to an aromatic ring is 1. The van der Waals surface area contributed by atoms with Crippen LogP contribution in [-0.4, -0.2) is 15.0 Å². The molecule has 4 rings (SSSR count). The van der Waals surface area contributed by atoms with Crippen molar-refractivity contribution in [2.24, 2.45) is 0 Å². The van der Waals surface area contributed by atoms with Gasteiger partial charge in [-0.15, -0.1) is 0 Å². The number of nitrogens with one attached hydrogen (secondary N) is 1. The van der Waals surface area contributed by atoms with Gasteiger partial charge in [0.05, 0.1) is 22.9 Å². The average molecular weight is 355 g/mol. The fourth-order valence-corrected chi connectivity index (χ4v) is 3.24. The van der Waals surface area contributed by atoms with Crippen LogP contribution >= 0.6 is 0 Å². The van der Waals surface area contributed by atoms with Crippen LogP contribution in [0.15, 0.2) is 66.9 Å². The lowest BCUT2D eigenvalue weighted by molar-refractivity contribution is 0.872. The number of aryl methyl sites for hydroxylation is 1. The van der Waals surface area contributed by atoms with Crippen LogP contribution in [0.2, 0.25) is 0 Å². The Morgan fingerprint density at radius 3 is 2.56 bits per heavy atom. The van der Waals surface area contributed by atoms with E-state index >= 15 is 0 Å². The van der Waals surface area contributed by atoms with Crippen molar-refractivity contribution in [2.75, 3.05) is 11.1 Å². The lowest BCUT2D eigenvalue weighted by Gasteiger charge is -2.18. The largest absolute Gasteiger partial charge is 0.381 e. The summed E-state index contributed by atoms with van der Waals surface area (Å²) < 4.78 is 0. The average Bonchev–Trinajstić information content (AvgIpc) is 2.70. The molecule has 2 heterocycles. The fraction of sp³-hybridized carbons (Fsp3) is 0.136. The van der Waals surface area contributed by atoms with Gasteiger partial charge in [0, 0.05) is 17.1 Å². The number of anilines is 2. The fourth-order valence-electron chi connectivity index (χ4n) is 3.24. The number of benzene rings is 2. The Morgan fingerprint density at radius 2 is 1.74 bits per heavy atom. The minimum Gasteiger partial charge on any atom is -0.381 e. The number of pyridine rings is 1. The normalized spacial score (nSPS) is 12.1. The number of aromatic nitrogens is 3. The first-order chi connectivity index (χ1) is 13.1. The second-order valence-electron chi connectivity index (χ2n) is 6.54. The second kappa shape index (κ2) is 7.03. The van der Waals surface area contributed by atoms with Crippen molar-refractivity contribution >= 4 is 22.5 Å². The summed E-state index contributed by atoms with van der Waals surface area (Å²) in [5.74, 6) is 0.991. The van der Waals surface area contributed by atoms with E-state index in [1.807, 2.05) is 49.4 Å². The van der Waals surface area contributed by atoms with Gasteiger partial charge < -0.3 is 11.1 Å². The van der Waals surface area contributed by atoms with E-state index in [-0.39, 0.29) is 6.04 Å². The first-order valence-electron chi connectivity index (χ1n) is 8.93. The van der Waals surface area contributed by atoms with Crippen LogP contribution in [0.5, 0.6) is 0 Å². The molecule has 0 radical (unpaired) electrons. The zero-order valence-electron chi connectivity index (χ0n) is 15.3. The number of nitrogens with two attached hydrogens (primary N) is 1. The Hall–Kier alpha value is -3.47. The van der Waals surface area contributed by atoms with Crippen LogP contribution in [0.1, 0.15) is 24.2 Å². The standard InChI is InChI=1S/C22H21N5/c1-14(16-8-4-3-5-9-16)26-22-21(23)25-15(2)20(27-22)18-10-6-12-19-17(18)11-7-13-24-19/h3-14H,1-2H3,(H2,23,25)(H,26,27)/t14-/m0/s1. The molecule has 1 atom stereocenters. The predicted molar refractivity (Wildman–Crippen MR) is 110 cm³/mol. The maximum absolute atomic E-state index is 6.16. The number of fused-ring (bicyclic) bond motifs is 1. The van der Waals surface area contributed by atoms with Gasteiger partial charge in [0.1, 0.15) is 0 Å². The summed E-state index contributed by atoms with van der Waals surface area (Å²) in [6, 6.07) is 20.3. The topological polar surface area (TPSA) is 76.7 Å². The van der Waals surface area contributed by atoms with Crippen molar-refractivity contribution in [1.82, 2.24) is 15.0 Å². The highest BCUT2D eigenvalue weighted by molar-refractivity contribution is 5.94. The van der Waals surface area contributed by atoms with Crippen molar-refractivity contribution < 1.29 is 0 Å². The van der Waals surface area contributed by atoms with E-state index in [1.54, 1.807) is 6.20 Å². The molecule has 5 nitrogen and oxygen atoms in total. The van der Waals surface area contributed by atoms with Crippen LogP contribution in [0.25, 0.3) is 22.2 Å². The van der Waals surface area contributed by atoms with Gasteiger partial charge in [-0.25, -0.2) is 9.97 Å². The number of hydrogen-bond donors (Lipinski definition) is 2. The molecule has 0 aliphatic heterocycles. The molecular weight excluding hydrogens is 334 g/mol. The molecule has 0 saturated carbocycles. The molecule has 5 heteroatoms. The quantitative estimate of drug-likeness (QED) is 0.552. The minimum atomic E-state index is 0.0625. The van der Waals surface area contributed by atoms with Crippen molar-refractivity contribution in [1.29, 1.82) is 0 Å². The summed E-state index contributed by atoms with van der Waals surface area (Å²) in [5, 5.41) is 4.44. The van der Waals surface area contributed by atoms with Crippen LogP contribution in [0.4, 0.5) is 11.6 Å². The first kappa shape index (κ1) is 17.0. The molecular formula is C22H21N5. The van der Waals surface area contributed by atoms with E-state index in [0.29, 0.717) is 11.6 Å². The first-order valence-corrected chi connectivity index (χ1v) is 8.93. The monoisotopic (exact) mass is 355 g/mol. The van der Waals surface area contributed by atoms with Gasteiger partial charge in [-0.2, -0.15) is 0 Å². The molecule has 0 amide bonds. The van der Waals surface area contributed by atoms with E-state index in [1.165, 1.54) is 0 Å². The lowest BCUT2D eigenvalue weighted by Crippen LogP contribution is -2.12. The maximum atomic E-state index is 6.16. The van der Waals surface area contributed by atoms with Crippen molar-refractivity contribution in [3.63, 3.8) is 0 Å². The second-order valence-corrected chi connectivity index (χ2v) is 6.54. The van der Waals surface area contributed by atoms with Gasteiger partial charge in [0.25, 0.3) is 0 Å². The van der Waals surface area contributed by atoms with Gasteiger partial charge in [-0.05, 0) is 31.5 Å². The third-order valence-corrected chi connectivity index (χ3v) is 4.65. The van der Waals surface area contributed by atoms with Crippen LogP contribution in [0, 0.1) is 6.92 Å². The van der Waals surface area contributed by atoms with E-state index in [2.05, 4.69) is 40.4 Å². The summed E-state index contributed by atoms with van der Waals surface area (Å²) in [7, 11) is 0. The molecule has 134 valence electrons. The number of nitrogens with zero attached hydrogens (tertiary/aromatic N) is 3. The highest BCUT2D eigenvalue weighted by Crippen LogP contribution is 2.31. The highest BCUT2D eigenvalue weighted by Gasteiger charge is 2.15. The van der Waals surface area contributed by atoms with E-state index < -0.39 is 0 Å². The van der Waals surface area contributed by atoms with Gasteiger partial charge in [0.2, 0.25) is 0 Å². The Balaban J connectivity index is 1.78. The SMILES string of the molecule is Cc1nc(N)c(N[C@@H](C)c2ccccc2)nc1-c1cccc2ncccc12. The Morgan fingerprint density at radius 1 is 0.926 bits per heavy atom. The molecule has 2 aromatic heterocycles. The minimum absolute atomic E-state index is 0.0625. The van der Waals surface area contributed by atoms with Crippen molar-refractivity contribution in [3.8, 4) is 11.3 Å². The summed E-state index contributed by atoms with van der Waals surface area (Å²) in [4.78, 5) is 13.8. The van der Waals surface area contributed by atoms with Crippen molar-refractivity contribution in [3.05, 3.63) is 78.1 Å². The van der Waals surface area contributed by atoms with E-state index in [9.17, 15) is 0 Å². The summed E-state index contributed by atoms with van der Waals surface area (Å²) >= 11 is 0.